The first-order chi connectivity index (χ1) is 11.9. The molecule has 2 aromatic carbocycles. The predicted molar refractivity (Wildman–Crippen MR) is 89.5 cm³/mol. The Hall–Kier alpha value is -2.60. The van der Waals surface area contributed by atoms with E-state index < -0.39 is 11.9 Å². The Bertz CT molecular complexity index is 850. The SMILES string of the molecule is Cc1ccc(-n2nc(C(F)(F)F)cc2-c2ccc(CCO)cc2)cc1. The normalized spacial score (nSPS) is 11.7. The first kappa shape index (κ1) is 17.2. The van der Waals surface area contributed by atoms with E-state index in [1.807, 2.05) is 19.1 Å². The van der Waals surface area contributed by atoms with Gasteiger partial charge in [-0.15, -0.1) is 0 Å². The van der Waals surface area contributed by atoms with E-state index in [0.717, 1.165) is 17.2 Å². The van der Waals surface area contributed by atoms with Gasteiger partial charge in [-0.3, -0.25) is 0 Å². The molecule has 0 radical (unpaired) electrons. The van der Waals surface area contributed by atoms with Crippen LogP contribution in [0.1, 0.15) is 16.8 Å². The highest BCUT2D eigenvalue weighted by molar-refractivity contribution is 5.63. The molecule has 3 aromatic rings. The van der Waals surface area contributed by atoms with Gasteiger partial charge in [-0.05, 0) is 37.1 Å². The van der Waals surface area contributed by atoms with E-state index in [-0.39, 0.29) is 6.61 Å². The lowest BCUT2D eigenvalue weighted by atomic mass is 10.1. The Morgan fingerprint density at radius 1 is 1.00 bits per heavy atom. The Kier molecular flexibility index (Phi) is 4.63. The first-order valence-corrected chi connectivity index (χ1v) is 7.83. The second kappa shape index (κ2) is 6.72. The molecule has 0 unspecified atom stereocenters. The summed E-state index contributed by atoms with van der Waals surface area (Å²) in [5.74, 6) is 0. The third-order valence-corrected chi connectivity index (χ3v) is 3.93. The number of hydrogen-bond donors (Lipinski definition) is 1. The molecule has 0 fully saturated rings. The van der Waals surface area contributed by atoms with Gasteiger partial charge in [0.1, 0.15) is 0 Å². The number of aryl methyl sites for hydroxylation is 1. The molecule has 0 spiro atoms. The highest BCUT2D eigenvalue weighted by atomic mass is 19.4. The molecule has 0 amide bonds. The summed E-state index contributed by atoms with van der Waals surface area (Å²) < 4.78 is 40.7. The quantitative estimate of drug-likeness (QED) is 0.760. The van der Waals surface area contributed by atoms with Crippen LogP contribution in [0.3, 0.4) is 0 Å². The van der Waals surface area contributed by atoms with Crippen LogP contribution in [0, 0.1) is 6.92 Å². The molecule has 0 atom stereocenters. The Morgan fingerprint density at radius 2 is 1.64 bits per heavy atom. The lowest BCUT2D eigenvalue weighted by Crippen LogP contribution is -2.07. The maximum absolute atomic E-state index is 13.1. The summed E-state index contributed by atoms with van der Waals surface area (Å²) in [6, 6.07) is 15.3. The van der Waals surface area contributed by atoms with Gasteiger partial charge in [0.15, 0.2) is 5.69 Å². The van der Waals surface area contributed by atoms with Crippen LogP contribution in [-0.4, -0.2) is 21.5 Å². The van der Waals surface area contributed by atoms with Crippen LogP contribution in [0.4, 0.5) is 13.2 Å². The van der Waals surface area contributed by atoms with Crippen molar-refractivity contribution in [3.05, 3.63) is 71.4 Å². The van der Waals surface area contributed by atoms with E-state index in [1.54, 1.807) is 36.4 Å². The summed E-state index contributed by atoms with van der Waals surface area (Å²) in [5.41, 5.74) is 2.57. The fourth-order valence-corrected chi connectivity index (χ4v) is 2.58. The molecular formula is C19H17F3N2O. The van der Waals surface area contributed by atoms with Crippen molar-refractivity contribution >= 4 is 0 Å². The molecule has 3 rings (SSSR count). The number of aliphatic hydroxyl groups excluding tert-OH is 1. The van der Waals surface area contributed by atoms with Crippen molar-refractivity contribution in [1.82, 2.24) is 9.78 Å². The Morgan fingerprint density at radius 3 is 2.20 bits per heavy atom. The van der Waals surface area contributed by atoms with Crippen LogP contribution in [-0.2, 0) is 12.6 Å². The number of alkyl halides is 3. The van der Waals surface area contributed by atoms with Crippen LogP contribution in [0.25, 0.3) is 16.9 Å². The second-order valence-corrected chi connectivity index (χ2v) is 5.83. The molecule has 0 saturated heterocycles. The summed E-state index contributed by atoms with van der Waals surface area (Å²) in [7, 11) is 0. The summed E-state index contributed by atoms with van der Waals surface area (Å²) >= 11 is 0. The van der Waals surface area contributed by atoms with Crippen LogP contribution < -0.4 is 0 Å². The molecule has 0 aliphatic carbocycles. The van der Waals surface area contributed by atoms with Gasteiger partial charge in [-0.25, -0.2) is 4.68 Å². The molecule has 0 saturated carbocycles. The molecule has 3 nitrogen and oxygen atoms in total. The topological polar surface area (TPSA) is 38.0 Å². The smallest absolute Gasteiger partial charge is 0.396 e. The fraction of sp³-hybridized carbons (Fsp3) is 0.211. The number of rotatable bonds is 4. The van der Waals surface area contributed by atoms with E-state index in [1.165, 1.54) is 4.68 Å². The van der Waals surface area contributed by atoms with Crippen molar-refractivity contribution in [2.45, 2.75) is 19.5 Å². The molecule has 25 heavy (non-hydrogen) atoms. The monoisotopic (exact) mass is 346 g/mol. The van der Waals surface area contributed by atoms with Gasteiger partial charge in [0.05, 0.1) is 11.4 Å². The van der Waals surface area contributed by atoms with Crippen molar-refractivity contribution in [1.29, 1.82) is 0 Å². The highest BCUT2D eigenvalue weighted by Gasteiger charge is 2.35. The second-order valence-electron chi connectivity index (χ2n) is 5.83. The lowest BCUT2D eigenvalue weighted by Gasteiger charge is -2.09. The number of aliphatic hydroxyl groups is 1. The maximum Gasteiger partial charge on any atom is 0.435 e. The molecule has 6 heteroatoms. The number of hydrogen-bond acceptors (Lipinski definition) is 2. The molecule has 0 bridgehead atoms. The van der Waals surface area contributed by atoms with Gasteiger partial charge in [0.25, 0.3) is 0 Å². The van der Waals surface area contributed by atoms with Gasteiger partial charge in [0, 0.05) is 12.2 Å². The summed E-state index contributed by atoms with van der Waals surface area (Å²) in [4.78, 5) is 0. The number of nitrogens with zero attached hydrogens (tertiary/aromatic N) is 2. The minimum Gasteiger partial charge on any atom is -0.396 e. The lowest BCUT2D eigenvalue weighted by molar-refractivity contribution is -0.141. The van der Waals surface area contributed by atoms with Crippen molar-refractivity contribution in [3.8, 4) is 16.9 Å². The van der Waals surface area contributed by atoms with Crippen molar-refractivity contribution in [2.75, 3.05) is 6.61 Å². The fourth-order valence-electron chi connectivity index (χ4n) is 2.58. The van der Waals surface area contributed by atoms with E-state index in [2.05, 4.69) is 5.10 Å². The number of benzene rings is 2. The Labute approximate surface area is 143 Å². The van der Waals surface area contributed by atoms with E-state index in [9.17, 15) is 13.2 Å². The van der Waals surface area contributed by atoms with E-state index >= 15 is 0 Å². The first-order valence-electron chi connectivity index (χ1n) is 7.83. The average Bonchev–Trinajstić information content (AvgIpc) is 3.02. The van der Waals surface area contributed by atoms with E-state index in [0.29, 0.717) is 23.4 Å². The third kappa shape index (κ3) is 3.74. The molecule has 0 aliphatic heterocycles. The highest BCUT2D eigenvalue weighted by Crippen LogP contribution is 2.33. The van der Waals surface area contributed by atoms with Gasteiger partial charge < -0.3 is 5.11 Å². The molecule has 0 aliphatic rings. The zero-order valence-corrected chi connectivity index (χ0v) is 13.6. The van der Waals surface area contributed by atoms with Gasteiger partial charge in [0.2, 0.25) is 0 Å². The summed E-state index contributed by atoms with van der Waals surface area (Å²) in [6.45, 7) is 1.94. The molecule has 1 heterocycles. The van der Waals surface area contributed by atoms with Crippen LogP contribution in [0.15, 0.2) is 54.6 Å². The molecule has 1 aromatic heterocycles. The largest absolute Gasteiger partial charge is 0.435 e. The zero-order chi connectivity index (χ0) is 18.0. The zero-order valence-electron chi connectivity index (χ0n) is 13.6. The predicted octanol–water partition coefficient (Wildman–Crippen LogP) is 4.40. The van der Waals surface area contributed by atoms with Gasteiger partial charge in [-0.2, -0.15) is 18.3 Å². The number of aromatic nitrogens is 2. The van der Waals surface area contributed by atoms with Gasteiger partial charge >= 0.3 is 6.18 Å². The van der Waals surface area contributed by atoms with Gasteiger partial charge in [-0.1, -0.05) is 42.0 Å². The number of halogens is 3. The van der Waals surface area contributed by atoms with Crippen LogP contribution in [0.2, 0.25) is 0 Å². The van der Waals surface area contributed by atoms with Crippen LogP contribution >= 0.6 is 0 Å². The van der Waals surface area contributed by atoms with Crippen molar-refractivity contribution in [2.24, 2.45) is 0 Å². The summed E-state index contributed by atoms with van der Waals surface area (Å²) in [6.07, 6.45) is -4.01. The minimum atomic E-state index is -4.51. The van der Waals surface area contributed by atoms with Crippen LogP contribution in [0.5, 0.6) is 0 Å². The molecule has 1 N–H and O–H groups in total. The third-order valence-electron chi connectivity index (χ3n) is 3.93. The molecular weight excluding hydrogens is 329 g/mol. The maximum atomic E-state index is 13.1. The standard InChI is InChI=1S/C19H17F3N2O/c1-13-2-8-16(9-3-13)24-17(12-18(23-24)19(20,21)22)15-6-4-14(5-7-15)10-11-25/h2-9,12,25H,10-11H2,1H3. The minimum absolute atomic E-state index is 0.0267. The average molecular weight is 346 g/mol. The summed E-state index contributed by atoms with van der Waals surface area (Å²) in [5, 5.41) is 12.7. The Balaban J connectivity index is 2.10. The molecule has 130 valence electrons. The van der Waals surface area contributed by atoms with Crippen molar-refractivity contribution < 1.29 is 18.3 Å². The van der Waals surface area contributed by atoms with Crippen molar-refractivity contribution in [3.63, 3.8) is 0 Å². The van der Waals surface area contributed by atoms with E-state index in [4.69, 9.17) is 5.11 Å².